The number of carbonyl (C=O) groups is 1. The van der Waals surface area contributed by atoms with Crippen LogP contribution in [0, 0.1) is 0 Å². The Morgan fingerprint density at radius 3 is 2.85 bits per heavy atom. The van der Waals surface area contributed by atoms with E-state index in [0.29, 0.717) is 15.7 Å². The molecule has 66 valence electrons. The van der Waals surface area contributed by atoms with Gasteiger partial charge >= 0.3 is 0 Å². The lowest BCUT2D eigenvalue weighted by atomic mass is 10.1. The predicted molar refractivity (Wildman–Crippen MR) is 53.0 cm³/mol. The van der Waals surface area contributed by atoms with Crippen molar-refractivity contribution < 1.29 is 4.79 Å². The maximum atomic E-state index is 11.0. The Hall–Kier alpha value is -1.32. The van der Waals surface area contributed by atoms with E-state index in [4.69, 9.17) is 5.53 Å². The van der Waals surface area contributed by atoms with Gasteiger partial charge in [-0.25, -0.2) is 0 Å². The normalized spacial score (nSPS) is 9.08. The summed E-state index contributed by atoms with van der Waals surface area (Å²) in [7, 11) is 0. The Kier molecular flexibility index (Phi) is 3.06. The number of nitrogens with zero attached hydrogens (tertiary/aromatic N) is 3. The van der Waals surface area contributed by atoms with Gasteiger partial charge in [-0.1, -0.05) is 27.1 Å². The molecule has 1 rings (SSSR count). The average Bonchev–Trinajstić information content (AvgIpc) is 2.08. The molecule has 0 amide bonds. The molecule has 0 unspecified atom stereocenters. The minimum absolute atomic E-state index is 0.0538. The molecule has 0 bridgehead atoms. The summed E-state index contributed by atoms with van der Waals surface area (Å²) in [5.74, 6) is -0.0538. The van der Waals surface area contributed by atoms with Crippen molar-refractivity contribution in [1.82, 2.24) is 0 Å². The van der Waals surface area contributed by atoms with Gasteiger partial charge in [-0.15, -0.1) is 0 Å². The van der Waals surface area contributed by atoms with Gasteiger partial charge in [0.1, 0.15) is 0 Å². The molecule has 0 heterocycles. The van der Waals surface area contributed by atoms with E-state index in [1.807, 2.05) is 0 Å². The predicted octanol–water partition coefficient (Wildman–Crippen LogP) is 3.59. The van der Waals surface area contributed by atoms with Crippen LogP contribution in [-0.2, 0) is 0 Å². The summed E-state index contributed by atoms with van der Waals surface area (Å²) in [6, 6.07) is 4.90. The van der Waals surface area contributed by atoms with Crippen molar-refractivity contribution in [2.45, 2.75) is 6.92 Å². The molecule has 0 aliphatic carbocycles. The highest BCUT2D eigenvalue weighted by Gasteiger charge is 2.02. The molecule has 1 aromatic carbocycles. The highest BCUT2D eigenvalue weighted by Crippen LogP contribution is 2.26. The molecule has 0 fully saturated rings. The molecule has 0 saturated carbocycles. The molecule has 1 aromatic rings. The molecule has 4 nitrogen and oxygen atoms in total. The second-order valence-electron chi connectivity index (χ2n) is 2.41. The molecular weight excluding hydrogens is 234 g/mol. The molecule has 0 radical (unpaired) electrons. The minimum Gasteiger partial charge on any atom is -0.295 e. The van der Waals surface area contributed by atoms with Gasteiger partial charge in [-0.3, -0.25) is 4.79 Å². The van der Waals surface area contributed by atoms with Crippen molar-refractivity contribution in [2.75, 3.05) is 0 Å². The number of benzene rings is 1. The first-order valence-electron chi connectivity index (χ1n) is 3.50. The highest BCUT2D eigenvalue weighted by molar-refractivity contribution is 9.10. The zero-order valence-electron chi connectivity index (χ0n) is 6.86. The summed E-state index contributed by atoms with van der Waals surface area (Å²) in [5, 5.41) is 3.43. The van der Waals surface area contributed by atoms with Crippen molar-refractivity contribution in [3.8, 4) is 0 Å². The molecule has 5 heteroatoms. The molecule has 0 saturated heterocycles. The van der Waals surface area contributed by atoms with Gasteiger partial charge in [0.15, 0.2) is 5.78 Å². The lowest BCUT2D eigenvalue weighted by Gasteiger charge is -1.99. The molecule has 0 aliphatic rings. The summed E-state index contributed by atoms with van der Waals surface area (Å²) in [5.41, 5.74) is 9.19. The largest absolute Gasteiger partial charge is 0.295 e. The topological polar surface area (TPSA) is 65.8 Å². The maximum absolute atomic E-state index is 11.0. The fourth-order valence-electron chi connectivity index (χ4n) is 0.856. The van der Waals surface area contributed by atoms with Crippen molar-refractivity contribution in [3.05, 3.63) is 38.7 Å². The third-order valence-corrected chi connectivity index (χ3v) is 2.18. The highest BCUT2D eigenvalue weighted by atomic mass is 79.9. The molecule has 13 heavy (non-hydrogen) atoms. The number of ketones is 1. The van der Waals surface area contributed by atoms with Crippen molar-refractivity contribution in [3.63, 3.8) is 0 Å². The van der Waals surface area contributed by atoms with E-state index < -0.39 is 0 Å². The Bertz CT molecular complexity index is 396. The summed E-state index contributed by atoms with van der Waals surface area (Å²) in [4.78, 5) is 13.6. The first-order valence-corrected chi connectivity index (χ1v) is 4.30. The Balaban J connectivity index is 3.26. The van der Waals surface area contributed by atoms with Crippen LogP contribution in [0.15, 0.2) is 27.8 Å². The Labute approximate surface area is 83.3 Å². The Morgan fingerprint density at radius 1 is 1.62 bits per heavy atom. The number of hydrogen-bond donors (Lipinski definition) is 0. The van der Waals surface area contributed by atoms with Crippen LogP contribution in [0.5, 0.6) is 0 Å². The van der Waals surface area contributed by atoms with Gasteiger partial charge in [0, 0.05) is 14.9 Å². The van der Waals surface area contributed by atoms with Crippen LogP contribution in [0.3, 0.4) is 0 Å². The van der Waals surface area contributed by atoms with E-state index in [-0.39, 0.29) is 5.78 Å². The van der Waals surface area contributed by atoms with E-state index in [0.717, 1.165) is 0 Å². The molecule has 0 aliphatic heterocycles. The van der Waals surface area contributed by atoms with Crippen molar-refractivity contribution in [1.29, 1.82) is 0 Å². The van der Waals surface area contributed by atoms with Gasteiger partial charge in [0.25, 0.3) is 0 Å². The first-order chi connectivity index (χ1) is 6.15. The lowest BCUT2D eigenvalue weighted by Crippen LogP contribution is -1.90. The molecule has 0 N–H and O–H groups in total. The number of hydrogen-bond acceptors (Lipinski definition) is 2. The van der Waals surface area contributed by atoms with E-state index in [1.54, 1.807) is 18.2 Å². The van der Waals surface area contributed by atoms with E-state index in [9.17, 15) is 4.79 Å². The van der Waals surface area contributed by atoms with Crippen LogP contribution in [0.25, 0.3) is 10.4 Å². The number of Topliss-reactive ketones (excluding diaryl/α,β-unsaturated/α-hetero) is 1. The van der Waals surface area contributed by atoms with Crippen LogP contribution in [-0.4, -0.2) is 5.78 Å². The van der Waals surface area contributed by atoms with E-state index in [1.165, 1.54) is 6.92 Å². The number of azide groups is 1. The van der Waals surface area contributed by atoms with Crippen LogP contribution < -0.4 is 0 Å². The zero-order chi connectivity index (χ0) is 9.84. The van der Waals surface area contributed by atoms with Gasteiger partial charge in [-0.2, -0.15) is 0 Å². The van der Waals surface area contributed by atoms with Gasteiger partial charge < -0.3 is 0 Å². The summed E-state index contributed by atoms with van der Waals surface area (Å²) in [6.07, 6.45) is 0. The average molecular weight is 240 g/mol. The van der Waals surface area contributed by atoms with Crippen molar-refractivity contribution >= 4 is 27.4 Å². The fourth-order valence-corrected chi connectivity index (χ4v) is 1.18. The number of rotatable bonds is 2. The van der Waals surface area contributed by atoms with Crippen LogP contribution in [0.4, 0.5) is 5.69 Å². The van der Waals surface area contributed by atoms with Gasteiger partial charge in [0.05, 0.1) is 5.69 Å². The third kappa shape index (κ3) is 2.31. The molecule has 0 spiro atoms. The number of halogens is 1. The summed E-state index contributed by atoms with van der Waals surface area (Å²) < 4.78 is 0.676. The van der Waals surface area contributed by atoms with Crippen LogP contribution >= 0.6 is 15.9 Å². The third-order valence-electron chi connectivity index (χ3n) is 1.51. The van der Waals surface area contributed by atoms with E-state index in [2.05, 4.69) is 26.0 Å². The summed E-state index contributed by atoms with van der Waals surface area (Å²) in [6.45, 7) is 1.46. The molecule has 0 atom stereocenters. The van der Waals surface area contributed by atoms with Crippen LogP contribution in [0.2, 0.25) is 0 Å². The molecular formula is C8H6BrN3O. The standard InChI is InChI=1S/C8H6BrN3O/c1-5(13)6-2-3-7(9)8(4-6)11-12-10/h2-4H,1H3. The molecule has 0 aromatic heterocycles. The van der Waals surface area contributed by atoms with Gasteiger partial charge in [-0.05, 0) is 24.6 Å². The smallest absolute Gasteiger partial charge is 0.159 e. The SMILES string of the molecule is CC(=O)c1ccc(Br)c(N=[N+]=[N-])c1. The second-order valence-corrected chi connectivity index (χ2v) is 3.27. The van der Waals surface area contributed by atoms with Crippen LogP contribution in [0.1, 0.15) is 17.3 Å². The van der Waals surface area contributed by atoms with Crippen molar-refractivity contribution in [2.24, 2.45) is 5.11 Å². The Morgan fingerprint density at radius 2 is 2.31 bits per heavy atom. The first kappa shape index (κ1) is 9.77. The maximum Gasteiger partial charge on any atom is 0.159 e. The second kappa shape index (κ2) is 4.07. The fraction of sp³-hybridized carbons (Fsp3) is 0.125. The monoisotopic (exact) mass is 239 g/mol. The number of carbonyl (C=O) groups excluding carboxylic acids is 1. The lowest BCUT2D eigenvalue weighted by molar-refractivity contribution is 0.101. The zero-order valence-corrected chi connectivity index (χ0v) is 8.45. The quantitative estimate of drug-likeness (QED) is 0.337. The van der Waals surface area contributed by atoms with Gasteiger partial charge in [0.2, 0.25) is 0 Å². The van der Waals surface area contributed by atoms with E-state index >= 15 is 0 Å². The summed E-state index contributed by atoms with van der Waals surface area (Å²) >= 11 is 3.20. The minimum atomic E-state index is -0.0538.